The van der Waals surface area contributed by atoms with E-state index in [1.807, 2.05) is 32.2 Å². The van der Waals surface area contributed by atoms with Gasteiger partial charge in [-0.1, -0.05) is 50.3 Å². The number of aromatic amines is 1. The highest BCUT2D eigenvalue weighted by Crippen LogP contribution is 2.35. The van der Waals surface area contributed by atoms with Gasteiger partial charge >= 0.3 is 5.97 Å². The van der Waals surface area contributed by atoms with Crippen LogP contribution in [0.4, 0.5) is 0 Å². The highest BCUT2D eigenvalue weighted by Gasteiger charge is 2.33. The number of carbonyl (C=O) groups is 1. The van der Waals surface area contributed by atoms with E-state index in [1.165, 1.54) is 6.07 Å². The number of hydrogen-bond acceptors (Lipinski definition) is 6. The molecule has 0 amide bonds. The number of fused-ring (bicyclic) bond motifs is 2. The van der Waals surface area contributed by atoms with E-state index in [4.69, 9.17) is 4.74 Å². The van der Waals surface area contributed by atoms with Gasteiger partial charge in [0.25, 0.3) is 0 Å². The average Bonchev–Trinajstić information content (AvgIpc) is 3.15. The first kappa shape index (κ1) is 27.6. The van der Waals surface area contributed by atoms with E-state index in [1.54, 1.807) is 10.7 Å². The molecule has 2 aromatic carbocycles. The molecule has 0 bridgehead atoms. The fraction of sp³-hybridized carbons (Fsp3) is 0.419. The number of aromatic nitrogens is 4. The molecule has 210 valence electrons. The molecular weight excluding hydrogens is 506 g/mol. The van der Waals surface area contributed by atoms with Crippen molar-refractivity contribution < 1.29 is 14.6 Å². The maximum absolute atomic E-state index is 12.1. The Morgan fingerprint density at radius 1 is 1.18 bits per heavy atom. The molecule has 0 spiro atoms. The molecule has 2 atom stereocenters. The van der Waals surface area contributed by atoms with Crippen molar-refractivity contribution in [3.05, 3.63) is 86.3 Å². The molecule has 0 saturated carbocycles. The van der Waals surface area contributed by atoms with Crippen LogP contribution in [-0.2, 0) is 24.9 Å². The number of carboxylic acid groups (broad SMARTS) is 1. The number of pyridine rings is 1. The van der Waals surface area contributed by atoms with Gasteiger partial charge in [-0.05, 0) is 53.8 Å². The molecule has 3 heterocycles. The maximum atomic E-state index is 12.1. The Hall–Kier alpha value is -3.98. The largest absolute Gasteiger partial charge is 0.487 e. The molecule has 4 aromatic rings. The van der Waals surface area contributed by atoms with Crippen molar-refractivity contribution >= 4 is 17.0 Å². The fourth-order valence-corrected chi connectivity index (χ4v) is 5.54. The zero-order chi connectivity index (χ0) is 28.8. The lowest BCUT2D eigenvalue weighted by molar-refractivity contribution is -0.137. The fourth-order valence-electron chi connectivity index (χ4n) is 5.54. The zero-order valence-electron chi connectivity index (χ0n) is 24.0. The SMILES string of the molecule is Cc1ccc(C(CC(=O)O)c2ccc3c(nnn3C)c2C)cc1CN1Cc2[nH]c(=O)ccc2O[C@H](C(C)(C)C)C1. The third-order valence-electron chi connectivity index (χ3n) is 8.00. The van der Waals surface area contributed by atoms with Crippen LogP contribution in [0.3, 0.4) is 0 Å². The summed E-state index contributed by atoms with van der Waals surface area (Å²) < 4.78 is 8.12. The van der Waals surface area contributed by atoms with Gasteiger partial charge in [-0.15, -0.1) is 5.10 Å². The number of hydrogen-bond donors (Lipinski definition) is 2. The van der Waals surface area contributed by atoms with E-state index >= 15 is 0 Å². The van der Waals surface area contributed by atoms with Crippen LogP contribution in [-0.4, -0.2) is 48.6 Å². The number of carboxylic acids is 1. The van der Waals surface area contributed by atoms with Crippen molar-refractivity contribution in [1.29, 1.82) is 0 Å². The summed E-state index contributed by atoms with van der Waals surface area (Å²) >= 11 is 0. The van der Waals surface area contributed by atoms with Crippen LogP contribution in [0.25, 0.3) is 11.0 Å². The van der Waals surface area contributed by atoms with Gasteiger partial charge in [-0.25, -0.2) is 4.68 Å². The highest BCUT2D eigenvalue weighted by atomic mass is 16.5. The van der Waals surface area contributed by atoms with Crippen LogP contribution in [0.2, 0.25) is 0 Å². The molecule has 0 aliphatic carbocycles. The first-order valence-corrected chi connectivity index (χ1v) is 13.6. The molecule has 40 heavy (non-hydrogen) atoms. The first-order chi connectivity index (χ1) is 18.9. The van der Waals surface area contributed by atoms with Crippen molar-refractivity contribution in [3.63, 3.8) is 0 Å². The molecular formula is C31H37N5O4. The Labute approximate surface area is 233 Å². The minimum absolute atomic E-state index is 0.0344. The van der Waals surface area contributed by atoms with Crippen LogP contribution in [0.15, 0.2) is 47.3 Å². The second-order valence-corrected chi connectivity index (χ2v) is 12.0. The summed E-state index contributed by atoms with van der Waals surface area (Å²) in [6.45, 7) is 12.4. The van der Waals surface area contributed by atoms with Crippen LogP contribution in [0.5, 0.6) is 5.75 Å². The highest BCUT2D eigenvalue weighted by molar-refractivity contribution is 5.80. The van der Waals surface area contributed by atoms with Crippen LogP contribution < -0.4 is 10.3 Å². The maximum Gasteiger partial charge on any atom is 0.304 e. The Morgan fingerprint density at radius 2 is 1.95 bits per heavy atom. The average molecular weight is 544 g/mol. The predicted octanol–water partition coefficient (Wildman–Crippen LogP) is 4.69. The lowest BCUT2D eigenvalue weighted by Gasteiger charge is -2.33. The topological polar surface area (TPSA) is 113 Å². The monoisotopic (exact) mass is 543 g/mol. The lowest BCUT2D eigenvalue weighted by atomic mass is 9.84. The molecule has 0 fully saturated rings. The second kappa shape index (κ2) is 10.5. The van der Waals surface area contributed by atoms with Gasteiger partial charge in [0, 0.05) is 44.1 Å². The molecule has 0 saturated heterocycles. The predicted molar refractivity (Wildman–Crippen MR) is 154 cm³/mol. The normalized spacial score (nSPS) is 16.8. The van der Waals surface area contributed by atoms with Crippen molar-refractivity contribution in [2.75, 3.05) is 6.54 Å². The second-order valence-electron chi connectivity index (χ2n) is 12.0. The summed E-state index contributed by atoms with van der Waals surface area (Å²) in [5, 5.41) is 18.3. The Bertz CT molecular complexity index is 1630. The van der Waals surface area contributed by atoms with Gasteiger partial charge in [0.2, 0.25) is 5.56 Å². The van der Waals surface area contributed by atoms with E-state index in [9.17, 15) is 14.7 Å². The van der Waals surface area contributed by atoms with E-state index in [2.05, 4.69) is 60.0 Å². The number of aryl methyl sites for hydroxylation is 3. The number of benzene rings is 2. The van der Waals surface area contributed by atoms with E-state index in [-0.39, 0.29) is 29.4 Å². The summed E-state index contributed by atoms with van der Waals surface area (Å²) in [5.74, 6) is -0.483. The molecule has 9 nitrogen and oxygen atoms in total. The Kier molecular flexibility index (Phi) is 7.27. The third-order valence-corrected chi connectivity index (χ3v) is 8.00. The van der Waals surface area contributed by atoms with E-state index in [0.717, 1.165) is 44.5 Å². The Morgan fingerprint density at radius 3 is 2.67 bits per heavy atom. The summed E-state index contributed by atoms with van der Waals surface area (Å²) in [7, 11) is 1.85. The number of rotatable bonds is 6. The third kappa shape index (κ3) is 5.51. The standard InChI is InChI=1S/C31H37N5O4/c1-18-7-8-20(23(14-29(38)39)22-9-10-25-30(19(22)2)33-34-35(25)6)13-21(18)15-36-16-24-26(11-12-28(37)32-24)40-27(17-36)31(3,4)5/h7-13,23,27H,14-17H2,1-6H3,(H,32,37)(H,38,39)/t23?,27-/m0/s1. The lowest BCUT2D eigenvalue weighted by Crippen LogP contribution is -2.41. The molecule has 2 aromatic heterocycles. The molecule has 1 unspecified atom stereocenters. The summed E-state index contributed by atoms with van der Waals surface area (Å²) in [6.07, 6.45) is -0.114. The smallest absolute Gasteiger partial charge is 0.304 e. The van der Waals surface area contributed by atoms with Crippen LogP contribution >= 0.6 is 0 Å². The van der Waals surface area contributed by atoms with Crippen molar-refractivity contribution in [2.45, 2.75) is 66.2 Å². The van der Waals surface area contributed by atoms with Gasteiger partial charge in [0.15, 0.2) is 0 Å². The van der Waals surface area contributed by atoms with E-state index in [0.29, 0.717) is 25.4 Å². The van der Waals surface area contributed by atoms with Crippen molar-refractivity contribution in [2.24, 2.45) is 12.5 Å². The molecule has 1 aliphatic rings. The van der Waals surface area contributed by atoms with Gasteiger partial charge < -0.3 is 14.8 Å². The number of nitrogens with zero attached hydrogens (tertiary/aromatic N) is 4. The zero-order valence-corrected chi connectivity index (χ0v) is 24.0. The van der Waals surface area contributed by atoms with Gasteiger partial charge in [-0.2, -0.15) is 0 Å². The summed E-state index contributed by atoms with van der Waals surface area (Å²) in [5.41, 5.74) is 7.26. The quantitative estimate of drug-likeness (QED) is 0.363. The summed E-state index contributed by atoms with van der Waals surface area (Å²) in [6, 6.07) is 13.5. The number of ether oxygens (including phenoxy) is 1. The van der Waals surface area contributed by atoms with E-state index < -0.39 is 5.97 Å². The minimum atomic E-state index is -0.857. The van der Waals surface area contributed by atoms with Gasteiger partial charge in [-0.3, -0.25) is 14.5 Å². The molecule has 2 N–H and O–H groups in total. The van der Waals surface area contributed by atoms with Gasteiger partial charge in [0.05, 0.1) is 17.6 Å². The summed E-state index contributed by atoms with van der Waals surface area (Å²) in [4.78, 5) is 29.4. The number of H-pyrrole nitrogens is 1. The van der Waals surface area contributed by atoms with Crippen molar-refractivity contribution in [3.8, 4) is 5.75 Å². The molecule has 9 heteroatoms. The van der Waals surface area contributed by atoms with Crippen LogP contribution in [0.1, 0.15) is 66.6 Å². The van der Waals surface area contributed by atoms with Crippen LogP contribution in [0, 0.1) is 19.3 Å². The first-order valence-electron chi connectivity index (χ1n) is 13.6. The van der Waals surface area contributed by atoms with Crippen molar-refractivity contribution in [1.82, 2.24) is 24.9 Å². The van der Waals surface area contributed by atoms with Gasteiger partial charge in [0.1, 0.15) is 17.4 Å². The number of nitrogens with one attached hydrogen (secondary N) is 1. The molecule has 1 aliphatic heterocycles. The molecule has 0 radical (unpaired) electrons. The minimum Gasteiger partial charge on any atom is -0.487 e. The Balaban J connectivity index is 1.52. The number of aliphatic carboxylic acids is 1. The molecule has 5 rings (SSSR count).